The number of likely N-dealkylation sites (tertiary alicyclic amines) is 1. The number of benzene rings is 2. The molecule has 0 bridgehead atoms. The number of hydrogen-bond donors (Lipinski definition) is 0. The molecular formula is C25H28FN3O2. The van der Waals surface area contributed by atoms with E-state index >= 15 is 0 Å². The first-order chi connectivity index (χ1) is 15.2. The first-order valence-electron chi connectivity index (χ1n) is 11.1. The Morgan fingerprint density at radius 2 is 1.68 bits per heavy atom. The average Bonchev–Trinajstić information content (AvgIpc) is 3.46. The standard InChI is InChI=1S/C25H28FN3O2/c26-22-12-10-20(11-13-22)21-16-17-29(18-21)25(30)15-14-24-28-27-23(31-24)9-5-4-8-19-6-2-1-3-7-19/h1-3,6-7,10-13,21H,4-5,8-9,14-18H2. The number of unbranched alkanes of at least 4 members (excludes halogenated alkanes) is 1. The zero-order valence-electron chi connectivity index (χ0n) is 17.7. The number of carbonyl (C=O) groups is 1. The van der Waals surface area contributed by atoms with Gasteiger partial charge >= 0.3 is 0 Å². The van der Waals surface area contributed by atoms with Crippen LogP contribution in [0.3, 0.4) is 0 Å². The van der Waals surface area contributed by atoms with E-state index in [1.54, 1.807) is 0 Å². The van der Waals surface area contributed by atoms with Gasteiger partial charge in [0.1, 0.15) is 5.82 Å². The molecule has 2 heterocycles. The van der Waals surface area contributed by atoms with Crippen LogP contribution < -0.4 is 0 Å². The molecule has 1 aromatic heterocycles. The van der Waals surface area contributed by atoms with Gasteiger partial charge in [-0.05, 0) is 48.9 Å². The monoisotopic (exact) mass is 421 g/mol. The molecule has 0 saturated carbocycles. The summed E-state index contributed by atoms with van der Waals surface area (Å²) in [5, 5.41) is 8.22. The number of rotatable bonds is 9. The third-order valence-corrected chi connectivity index (χ3v) is 5.89. The Labute approximate surface area is 182 Å². The minimum Gasteiger partial charge on any atom is -0.425 e. The summed E-state index contributed by atoms with van der Waals surface area (Å²) in [4.78, 5) is 14.5. The average molecular weight is 422 g/mol. The molecule has 0 aliphatic carbocycles. The number of nitrogens with zero attached hydrogens (tertiary/aromatic N) is 3. The number of halogens is 1. The number of aryl methyl sites for hydroxylation is 3. The smallest absolute Gasteiger partial charge is 0.223 e. The van der Waals surface area contributed by atoms with Crippen LogP contribution in [0.2, 0.25) is 0 Å². The van der Waals surface area contributed by atoms with E-state index in [0.29, 0.717) is 31.2 Å². The van der Waals surface area contributed by atoms with Crippen molar-refractivity contribution in [3.8, 4) is 0 Å². The van der Waals surface area contributed by atoms with Crippen LogP contribution in [-0.2, 0) is 24.1 Å². The largest absolute Gasteiger partial charge is 0.425 e. The van der Waals surface area contributed by atoms with Gasteiger partial charge in [0.25, 0.3) is 0 Å². The maximum atomic E-state index is 13.1. The molecule has 1 unspecified atom stereocenters. The summed E-state index contributed by atoms with van der Waals surface area (Å²) in [5.74, 6) is 1.32. The predicted molar refractivity (Wildman–Crippen MR) is 116 cm³/mol. The summed E-state index contributed by atoms with van der Waals surface area (Å²) in [7, 11) is 0. The fourth-order valence-electron chi connectivity index (χ4n) is 4.11. The summed E-state index contributed by atoms with van der Waals surface area (Å²) in [6, 6.07) is 17.0. The lowest BCUT2D eigenvalue weighted by atomic mass is 9.99. The topological polar surface area (TPSA) is 59.2 Å². The van der Waals surface area contributed by atoms with Gasteiger partial charge in [0.2, 0.25) is 17.7 Å². The Bertz CT molecular complexity index is 972. The van der Waals surface area contributed by atoms with Crippen LogP contribution in [0.1, 0.15) is 54.5 Å². The van der Waals surface area contributed by atoms with Gasteiger partial charge in [0.15, 0.2) is 0 Å². The van der Waals surface area contributed by atoms with E-state index in [1.807, 2.05) is 23.1 Å². The second-order valence-electron chi connectivity index (χ2n) is 8.16. The van der Waals surface area contributed by atoms with Crippen LogP contribution in [0, 0.1) is 5.82 Å². The van der Waals surface area contributed by atoms with E-state index in [9.17, 15) is 9.18 Å². The van der Waals surface area contributed by atoms with Crippen molar-refractivity contribution in [2.24, 2.45) is 0 Å². The highest BCUT2D eigenvalue weighted by atomic mass is 19.1. The van der Waals surface area contributed by atoms with Gasteiger partial charge in [0, 0.05) is 38.3 Å². The number of amides is 1. The Kier molecular flexibility index (Phi) is 7.07. The van der Waals surface area contributed by atoms with Crippen molar-refractivity contribution < 1.29 is 13.6 Å². The van der Waals surface area contributed by atoms with Crippen LogP contribution in [-0.4, -0.2) is 34.1 Å². The molecule has 1 saturated heterocycles. The van der Waals surface area contributed by atoms with E-state index in [-0.39, 0.29) is 17.6 Å². The quantitative estimate of drug-likeness (QED) is 0.469. The lowest BCUT2D eigenvalue weighted by Gasteiger charge is -2.16. The summed E-state index contributed by atoms with van der Waals surface area (Å²) in [5.41, 5.74) is 2.43. The number of aromatic nitrogens is 2. The molecule has 162 valence electrons. The predicted octanol–water partition coefficient (Wildman–Crippen LogP) is 4.72. The maximum absolute atomic E-state index is 13.1. The third-order valence-electron chi connectivity index (χ3n) is 5.89. The van der Waals surface area contributed by atoms with Gasteiger partial charge in [-0.1, -0.05) is 42.5 Å². The van der Waals surface area contributed by atoms with Crippen LogP contribution in [0.15, 0.2) is 59.0 Å². The number of carbonyl (C=O) groups excluding carboxylic acids is 1. The zero-order chi connectivity index (χ0) is 21.5. The summed E-state index contributed by atoms with van der Waals surface area (Å²) in [6.45, 7) is 1.42. The van der Waals surface area contributed by atoms with Gasteiger partial charge < -0.3 is 9.32 Å². The molecule has 5 nitrogen and oxygen atoms in total. The van der Waals surface area contributed by atoms with E-state index in [1.165, 1.54) is 17.7 Å². The van der Waals surface area contributed by atoms with Crippen molar-refractivity contribution in [3.05, 3.63) is 83.3 Å². The molecule has 0 N–H and O–H groups in total. The maximum Gasteiger partial charge on any atom is 0.223 e. The second kappa shape index (κ2) is 10.3. The molecule has 1 aliphatic heterocycles. The highest BCUT2D eigenvalue weighted by molar-refractivity contribution is 5.76. The van der Waals surface area contributed by atoms with Crippen molar-refractivity contribution >= 4 is 5.91 Å². The van der Waals surface area contributed by atoms with Crippen LogP contribution in [0.25, 0.3) is 0 Å². The molecule has 31 heavy (non-hydrogen) atoms. The van der Waals surface area contributed by atoms with Crippen molar-refractivity contribution in [2.45, 2.75) is 50.9 Å². The Morgan fingerprint density at radius 1 is 0.968 bits per heavy atom. The molecule has 0 spiro atoms. The third kappa shape index (κ3) is 6.00. The highest BCUT2D eigenvalue weighted by Gasteiger charge is 2.27. The molecule has 3 aromatic rings. The van der Waals surface area contributed by atoms with Crippen molar-refractivity contribution in [1.29, 1.82) is 0 Å². The van der Waals surface area contributed by atoms with E-state index in [2.05, 4.69) is 34.5 Å². The molecular weight excluding hydrogens is 393 g/mol. The van der Waals surface area contributed by atoms with Crippen LogP contribution in [0.4, 0.5) is 4.39 Å². The van der Waals surface area contributed by atoms with Crippen LogP contribution >= 0.6 is 0 Å². The Morgan fingerprint density at radius 3 is 2.45 bits per heavy atom. The van der Waals surface area contributed by atoms with Crippen molar-refractivity contribution in [1.82, 2.24) is 15.1 Å². The van der Waals surface area contributed by atoms with Crippen molar-refractivity contribution in [2.75, 3.05) is 13.1 Å². The lowest BCUT2D eigenvalue weighted by Crippen LogP contribution is -2.28. The van der Waals surface area contributed by atoms with Gasteiger partial charge in [0.05, 0.1) is 0 Å². The fourth-order valence-corrected chi connectivity index (χ4v) is 4.11. The molecule has 1 amide bonds. The zero-order valence-corrected chi connectivity index (χ0v) is 17.7. The molecule has 1 aliphatic rings. The van der Waals surface area contributed by atoms with Gasteiger partial charge in [-0.25, -0.2) is 4.39 Å². The minimum atomic E-state index is -0.232. The molecule has 6 heteroatoms. The first kappa shape index (κ1) is 21.2. The minimum absolute atomic E-state index is 0.104. The molecule has 1 atom stereocenters. The molecule has 1 fully saturated rings. The van der Waals surface area contributed by atoms with Crippen molar-refractivity contribution in [3.63, 3.8) is 0 Å². The summed E-state index contributed by atoms with van der Waals surface area (Å²) < 4.78 is 18.8. The fraction of sp³-hybridized carbons (Fsp3) is 0.400. The Balaban J connectivity index is 1.17. The van der Waals surface area contributed by atoms with E-state index in [4.69, 9.17) is 4.42 Å². The second-order valence-corrected chi connectivity index (χ2v) is 8.16. The van der Waals surface area contributed by atoms with Gasteiger partial charge in [-0.15, -0.1) is 10.2 Å². The molecule has 4 rings (SSSR count). The van der Waals surface area contributed by atoms with E-state index in [0.717, 1.165) is 44.2 Å². The summed E-state index contributed by atoms with van der Waals surface area (Å²) in [6.07, 6.45) is 5.62. The normalized spacial score (nSPS) is 16.0. The van der Waals surface area contributed by atoms with Gasteiger partial charge in [-0.3, -0.25) is 4.79 Å². The molecule has 2 aromatic carbocycles. The highest BCUT2D eigenvalue weighted by Crippen LogP contribution is 2.27. The molecule has 0 radical (unpaired) electrons. The Hall–Kier alpha value is -3.02. The lowest BCUT2D eigenvalue weighted by molar-refractivity contribution is -0.130. The first-order valence-corrected chi connectivity index (χ1v) is 11.1. The SMILES string of the molecule is O=C(CCc1nnc(CCCCc2ccccc2)o1)N1CCC(c2ccc(F)cc2)C1. The van der Waals surface area contributed by atoms with E-state index < -0.39 is 0 Å². The van der Waals surface area contributed by atoms with Crippen LogP contribution in [0.5, 0.6) is 0 Å². The summed E-state index contributed by atoms with van der Waals surface area (Å²) >= 11 is 0. The van der Waals surface area contributed by atoms with Gasteiger partial charge in [-0.2, -0.15) is 0 Å². The number of hydrogen-bond acceptors (Lipinski definition) is 4.